The van der Waals surface area contributed by atoms with Crippen molar-refractivity contribution in [1.82, 2.24) is 0 Å². The molecule has 0 saturated carbocycles. The lowest BCUT2D eigenvalue weighted by Crippen LogP contribution is -2.31. The van der Waals surface area contributed by atoms with Gasteiger partial charge in [0.05, 0.1) is 23.3 Å². The number of thiophene rings is 1. The summed E-state index contributed by atoms with van der Waals surface area (Å²) in [5.74, 6) is 0.486. The van der Waals surface area contributed by atoms with Gasteiger partial charge in [0, 0.05) is 10.6 Å². The van der Waals surface area contributed by atoms with E-state index in [0.717, 1.165) is 10.4 Å². The van der Waals surface area contributed by atoms with E-state index in [1.165, 1.54) is 35.1 Å². The first kappa shape index (κ1) is 18.5. The number of benzene rings is 2. The molecule has 0 spiro atoms. The molecule has 0 atom stereocenters. The van der Waals surface area contributed by atoms with Crippen molar-refractivity contribution in [3.63, 3.8) is 0 Å². The second-order valence-electron chi connectivity index (χ2n) is 6.07. The number of methoxy groups -OCH3 is 1. The predicted molar refractivity (Wildman–Crippen MR) is 114 cm³/mol. The third kappa shape index (κ3) is 3.37. The Hall–Kier alpha value is -2.83. The number of carbonyl (C=O) groups is 2. The van der Waals surface area contributed by atoms with Crippen molar-refractivity contribution in [2.24, 2.45) is 0 Å². The molecule has 6 heteroatoms. The van der Waals surface area contributed by atoms with Crippen molar-refractivity contribution in [2.45, 2.75) is 5.75 Å². The lowest BCUT2D eigenvalue weighted by Gasteiger charge is -2.18. The zero-order valence-corrected chi connectivity index (χ0v) is 16.8. The van der Waals surface area contributed by atoms with E-state index in [9.17, 15) is 9.59 Å². The first-order valence-corrected chi connectivity index (χ1v) is 10.5. The summed E-state index contributed by atoms with van der Waals surface area (Å²) in [4.78, 5) is 29.1. The Balaban J connectivity index is 1.73. The Morgan fingerprint density at radius 2 is 1.68 bits per heavy atom. The summed E-state index contributed by atoms with van der Waals surface area (Å²) in [5.41, 5.74) is 2.03. The molecule has 0 bridgehead atoms. The Labute approximate surface area is 171 Å². The number of rotatable bonds is 6. The molecule has 2 aromatic carbocycles. The molecule has 1 aliphatic rings. The van der Waals surface area contributed by atoms with Gasteiger partial charge < -0.3 is 4.74 Å². The number of amides is 2. The van der Waals surface area contributed by atoms with E-state index in [2.05, 4.69) is 0 Å². The van der Waals surface area contributed by atoms with Crippen molar-refractivity contribution < 1.29 is 14.3 Å². The standard InChI is InChI=1S/C22H17NO3S2/c1-26-17-11-6-5-10-16(17)23-21(24)19(18-12-7-13-27-18)20(22(23)25)28-14-15-8-3-2-4-9-15/h2-13H,14H2,1H3. The van der Waals surface area contributed by atoms with Gasteiger partial charge in [-0.15, -0.1) is 23.1 Å². The van der Waals surface area contributed by atoms with Gasteiger partial charge in [-0.3, -0.25) is 9.59 Å². The quantitative estimate of drug-likeness (QED) is 0.541. The zero-order valence-electron chi connectivity index (χ0n) is 15.1. The summed E-state index contributed by atoms with van der Waals surface area (Å²) in [6.07, 6.45) is 0. The lowest BCUT2D eigenvalue weighted by atomic mass is 10.2. The molecule has 1 aliphatic heterocycles. The molecule has 0 aliphatic carbocycles. The smallest absolute Gasteiger partial charge is 0.272 e. The van der Waals surface area contributed by atoms with Crippen LogP contribution >= 0.6 is 23.1 Å². The van der Waals surface area contributed by atoms with E-state index in [0.29, 0.717) is 27.7 Å². The Morgan fingerprint density at radius 1 is 0.929 bits per heavy atom. The highest BCUT2D eigenvalue weighted by Crippen LogP contribution is 2.42. The van der Waals surface area contributed by atoms with Crippen LogP contribution in [0.4, 0.5) is 5.69 Å². The van der Waals surface area contributed by atoms with Crippen LogP contribution in [0.2, 0.25) is 0 Å². The number of imide groups is 1. The normalized spacial score (nSPS) is 14.1. The lowest BCUT2D eigenvalue weighted by molar-refractivity contribution is -0.119. The largest absolute Gasteiger partial charge is 0.495 e. The monoisotopic (exact) mass is 407 g/mol. The molecule has 4 rings (SSSR count). The minimum absolute atomic E-state index is 0.307. The average Bonchev–Trinajstić information content (AvgIpc) is 3.33. The van der Waals surface area contributed by atoms with Gasteiger partial charge in [0.25, 0.3) is 11.8 Å². The number of ether oxygens (including phenoxy) is 1. The van der Waals surface area contributed by atoms with Crippen molar-refractivity contribution in [1.29, 1.82) is 0 Å². The summed E-state index contributed by atoms with van der Waals surface area (Å²) >= 11 is 2.86. The SMILES string of the molecule is COc1ccccc1N1C(=O)C(SCc2ccccc2)=C(c2cccs2)C1=O. The van der Waals surface area contributed by atoms with Crippen LogP contribution in [0, 0.1) is 0 Å². The molecular formula is C22H17NO3S2. The van der Waals surface area contributed by atoms with Crippen molar-refractivity contribution >= 4 is 46.2 Å². The van der Waals surface area contributed by atoms with E-state index in [1.807, 2.05) is 53.9 Å². The summed E-state index contributed by atoms with van der Waals surface area (Å²) in [5, 5.41) is 1.91. The van der Waals surface area contributed by atoms with Crippen LogP contribution < -0.4 is 9.64 Å². The minimum Gasteiger partial charge on any atom is -0.495 e. The Bertz CT molecular complexity index is 1040. The van der Waals surface area contributed by atoms with Gasteiger partial charge in [0.15, 0.2) is 0 Å². The fourth-order valence-electron chi connectivity index (χ4n) is 3.04. The molecule has 0 unspecified atom stereocenters. The van der Waals surface area contributed by atoms with Crippen LogP contribution in [0.1, 0.15) is 10.4 Å². The maximum absolute atomic E-state index is 13.3. The molecule has 2 amide bonds. The second-order valence-corrected chi connectivity index (χ2v) is 8.01. The van der Waals surface area contributed by atoms with Crippen molar-refractivity contribution in [2.75, 3.05) is 12.0 Å². The number of nitrogens with zero attached hydrogens (tertiary/aromatic N) is 1. The first-order chi connectivity index (χ1) is 13.7. The number of para-hydroxylation sites is 2. The minimum atomic E-state index is -0.312. The first-order valence-electron chi connectivity index (χ1n) is 8.67. The maximum Gasteiger partial charge on any atom is 0.272 e. The molecule has 0 fully saturated rings. The topological polar surface area (TPSA) is 46.6 Å². The zero-order chi connectivity index (χ0) is 19.5. The van der Waals surface area contributed by atoms with Crippen LogP contribution in [0.5, 0.6) is 5.75 Å². The molecule has 140 valence electrons. The molecule has 0 radical (unpaired) electrons. The molecule has 2 heterocycles. The van der Waals surface area contributed by atoms with E-state index >= 15 is 0 Å². The maximum atomic E-state index is 13.3. The van der Waals surface area contributed by atoms with E-state index in [-0.39, 0.29) is 11.8 Å². The summed E-state index contributed by atoms with van der Waals surface area (Å²) < 4.78 is 5.38. The Kier molecular flexibility index (Phi) is 5.32. The highest BCUT2D eigenvalue weighted by atomic mass is 32.2. The van der Waals surface area contributed by atoms with Crippen LogP contribution in [0.3, 0.4) is 0 Å². The molecule has 3 aromatic rings. The molecule has 28 heavy (non-hydrogen) atoms. The van der Waals surface area contributed by atoms with Crippen LogP contribution in [-0.4, -0.2) is 18.9 Å². The van der Waals surface area contributed by atoms with Gasteiger partial charge >= 0.3 is 0 Å². The van der Waals surface area contributed by atoms with Gasteiger partial charge in [-0.05, 0) is 29.1 Å². The van der Waals surface area contributed by atoms with Gasteiger partial charge in [0.1, 0.15) is 5.75 Å². The highest BCUT2D eigenvalue weighted by Gasteiger charge is 2.41. The molecule has 0 N–H and O–H groups in total. The molecule has 0 saturated heterocycles. The average molecular weight is 408 g/mol. The van der Waals surface area contributed by atoms with Gasteiger partial charge in [-0.25, -0.2) is 4.90 Å². The number of hydrogen-bond acceptors (Lipinski definition) is 5. The molecular weight excluding hydrogens is 390 g/mol. The fraction of sp³-hybridized carbons (Fsp3) is 0.0909. The highest BCUT2D eigenvalue weighted by molar-refractivity contribution is 8.03. The number of hydrogen-bond donors (Lipinski definition) is 0. The third-order valence-corrected chi connectivity index (χ3v) is 6.39. The van der Waals surface area contributed by atoms with Gasteiger partial charge in [-0.1, -0.05) is 48.5 Å². The van der Waals surface area contributed by atoms with E-state index < -0.39 is 0 Å². The number of anilines is 1. The van der Waals surface area contributed by atoms with Crippen molar-refractivity contribution in [3.8, 4) is 5.75 Å². The summed E-state index contributed by atoms with van der Waals surface area (Å²) in [7, 11) is 1.53. The second kappa shape index (κ2) is 8.04. The summed E-state index contributed by atoms with van der Waals surface area (Å²) in [6.45, 7) is 0. The molecule has 1 aromatic heterocycles. The molecule has 4 nitrogen and oxygen atoms in total. The van der Waals surface area contributed by atoms with Crippen LogP contribution in [0.25, 0.3) is 5.57 Å². The Morgan fingerprint density at radius 3 is 2.39 bits per heavy atom. The van der Waals surface area contributed by atoms with E-state index in [4.69, 9.17) is 4.74 Å². The fourth-order valence-corrected chi connectivity index (χ4v) is 4.94. The van der Waals surface area contributed by atoms with Gasteiger partial charge in [-0.2, -0.15) is 0 Å². The van der Waals surface area contributed by atoms with Crippen LogP contribution in [-0.2, 0) is 15.3 Å². The van der Waals surface area contributed by atoms with Crippen LogP contribution in [0.15, 0.2) is 77.0 Å². The summed E-state index contributed by atoms with van der Waals surface area (Å²) in [6, 6.07) is 20.7. The van der Waals surface area contributed by atoms with Crippen molar-refractivity contribution in [3.05, 3.63) is 87.5 Å². The van der Waals surface area contributed by atoms with E-state index in [1.54, 1.807) is 18.2 Å². The van der Waals surface area contributed by atoms with Gasteiger partial charge in [0.2, 0.25) is 0 Å². The third-order valence-electron chi connectivity index (χ3n) is 4.36. The number of carbonyl (C=O) groups excluding carboxylic acids is 2. The number of thioether (sulfide) groups is 1. The predicted octanol–water partition coefficient (Wildman–Crippen LogP) is 4.97.